The molecular formula is C18H14N2O4S. The van der Waals surface area contributed by atoms with Gasteiger partial charge in [0.25, 0.3) is 5.56 Å². The van der Waals surface area contributed by atoms with Gasteiger partial charge in [0.15, 0.2) is 17.3 Å². The van der Waals surface area contributed by atoms with Gasteiger partial charge in [0.05, 0.1) is 16.3 Å². The molecular weight excluding hydrogens is 340 g/mol. The maximum absolute atomic E-state index is 12.2. The third kappa shape index (κ3) is 3.84. The average molecular weight is 354 g/mol. The first-order valence-corrected chi connectivity index (χ1v) is 8.12. The number of H-pyrrole nitrogens is 1. The quantitative estimate of drug-likeness (QED) is 0.683. The van der Waals surface area contributed by atoms with Crippen LogP contribution in [0.4, 0.5) is 0 Å². The van der Waals surface area contributed by atoms with Gasteiger partial charge >= 0.3 is 0 Å². The van der Waals surface area contributed by atoms with Gasteiger partial charge in [-0.3, -0.25) is 14.6 Å². The summed E-state index contributed by atoms with van der Waals surface area (Å²) >= 11 is 1.16. The lowest BCUT2D eigenvalue weighted by Gasteiger charge is -2.02. The van der Waals surface area contributed by atoms with Gasteiger partial charge in [0.1, 0.15) is 0 Å². The van der Waals surface area contributed by atoms with Crippen molar-refractivity contribution in [2.24, 2.45) is 0 Å². The second-order valence-electron chi connectivity index (χ2n) is 5.10. The monoisotopic (exact) mass is 354 g/mol. The van der Waals surface area contributed by atoms with Crippen molar-refractivity contribution >= 4 is 29.3 Å². The highest BCUT2D eigenvalue weighted by Gasteiger charge is 2.04. The summed E-state index contributed by atoms with van der Waals surface area (Å²) in [6.07, 6.45) is 6.09. The van der Waals surface area contributed by atoms with Crippen LogP contribution in [0.5, 0.6) is 11.5 Å². The first-order valence-electron chi connectivity index (χ1n) is 7.31. The molecule has 25 heavy (non-hydrogen) atoms. The minimum Gasteiger partial charge on any atom is -0.504 e. The molecule has 1 aromatic carbocycles. The molecule has 0 atom stereocenters. The van der Waals surface area contributed by atoms with Gasteiger partial charge in [-0.15, -0.1) is 11.3 Å². The van der Waals surface area contributed by atoms with Crippen molar-refractivity contribution in [3.05, 3.63) is 73.4 Å². The highest BCUT2D eigenvalue weighted by molar-refractivity contribution is 7.07. The summed E-state index contributed by atoms with van der Waals surface area (Å²) < 4.78 is 5.87. The van der Waals surface area contributed by atoms with Gasteiger partial charge in [0.2, 0.25) is 0 Å². The number of thiazole rings is 1. The van der Waals surface area contributed by atoms with Crippen molar-refractivity contribution in [3.8, 4) is 11.5 Å². The lowest BCUT2D eigenvalue weighted by Crippen LogP contribution is -2.20. The van der Waals surface area contributed by atoms with E-state index in [-0.39, 0.29) is 17.1 Å². The van der Waals surface area contributed by atoms with Crippen LogP contribution in [0.2, 0.25) is 0 Å². The van der Waals surface area contributed by atoms with Crippen LogP contribution in [0.15, 0.2) is 47.5 Å². The number of aromatic hydroxyl groups is 1. The number of carbonyl (C=O) groups excluding carboxylic acids is 1. The van der Waals surface area contributed by atoms with Crippen molar-refractivity contribution in [1.82, 2.24) is 9.97 Å². The van der Waals surface area contributed by atoms with Crippen LogP contribution in [0, 0.1) is 0 Å². The molecule has 7 heteroatoms. The second kappa shape index (κ2) is 7.14. The lowest BCUT2D eigenvalue weighted by molar-refractivity contribution is 0.106. The summed E-state index contributed by atoms with van der Waals surface area (Å²) in [5.74, 6) is 0.131. The standard InChI is InChI=1S/C18H14N2O4S/c1-24-15-3-2-11(8-14(15)22)9-16-18(23)20-17(25-16)10-13(21)12-4-6-19-7-5-12/h2-10,22H,1H3,(H,20,23)/b16-9-,17-10-. The Morgan fingerprint density at radius 3 is 2.72 bits per heavy atom. The van der Waals surface area contributed by atoms with Gasteiger partial charge < -0.3 is 14.8 Å². The highest BCUT2D eigenvalue weighted by Crippen LogP contribution is 2.26. The number of methoxy groups -OCH3 is 1. The molecule has 3 rings (SSSR count). The molecule has 0 aliphatic rings. The number of hydrogen-bond acceptors (Lipinski definition) is 6. The number of phenols is 1. The normalized spacial score (nSPS) is 12.4. The number of rotatable bonds is 4. The molecule has 0 saturated heterocycles. The molecule has 0 aliphatic carbocycles. The second-order valence-corrected chi connectivity index (χ2v) is 6.19. The highest BCUT2D eigenvalue weighted by atomic mass is 32.1. The first kappa shape index (κ1) is 16.7. The van der Waals surface area contributed by atoms with Crippen LogP contribution in [0.3, 0.4) is 0 Å². The Labute approximate surface area is 146 Å². The summed E-state index contributed by atoms with van der Waals surface area (Å²) in [7, 11) is 1.46. The van der Waals surface area contributed by atoms with E-state index in [4.69, 9.17) is 4.74 Å². The van der Waals surface area contributed by atoms with E-state index >= 15 is 0 Å². The van der Waals surface area contributed by atoms with Crippen LogP contribution in [-0.2, 0) is 0 Å². The van der Waals surface area contributed by atoms with Crippen molar-refractivity contribution in [1.29, 1.82) is 0 Å². The molecule has 0 saturated carbocycles. The zero-order valence-electron chi connectivity index (χ0n) is 13.2. The topological polar surface area (TPSA) is 92.3 Å². The molecule has 126 valence electrons. The van der Waals surface area contributed by atoms with Crippen molar-refractivity contribution in [3.63, 3.8) is 0 Å². The van der Waals surface area contributed by atoms with Crippen molar-refractivity contribution in [2.45, 2.75) is 0 Å². The lowest BCUT2D eigenvalue weighted by atomic mass is 10.2. The van der Waals surface area contributed by atoms with Gasteiger partial charge in [-0.1, -0.05) is 6.07 Å². The third-order valence-electron chi connectivity index (χ3n) is 3.41. The van der Waals surface area contributed by atoms with Gasteiger partial charge in [-0.2, -0.15) is 0 Å². The Morgan fingerprint density at radius 2 is 2.04 bits per heavy atom. The van der Waals surface area contributed by atoms with Crippen LogP contribution in [0.1, 0.15) is 15.9 Å². The van der Waals surface area contributed by atoms with E-state index in [0.29, 0.717) is 26.1 Å². The molecule has 0 spiro atoms. The SMILES string of the molecule is COc1ccc(/C=c2\s/c(=C\C(=O)c3ccncc3)[nH]c2=O)cc1O. The van der Waals surface area contributed by atoms with Gasteiger partial charge in [-0.25, -0.2) is 0 Å². The molecule has 6 nitrogen and oxygen atoms in total. The zero-order valence-corrected chi connectivity index (χ0v) is 14.0. The molecule has 0 radical (unpaired) electrons. The fraction of sp³-hybridized carbons (Fsp3) is 0.0556. The fourth-order valence-electron chi connectivity index (χ4n) is 2.19. The van der Waals surface area contributed by atoms with Gasteiger partial charge in [-0.05, 0) is 35.9 Å². The largest absolute Gasteiger partial charge is 0.504 e. The molecule has 2 aromatic heterocycles. The Kier molecular flexibility index (Phi) is 4.76. The first-order chi connectivity index (χ1) is 12.1. The minimum absolute atomic E-state index is 0.0103. The molecule has 0 amide bonds. The average Bonchev–Trinajstić information content (AvgIpc) is 2.95. The fourth-order valence-corrected chi connectivity index (χ4v) is 3.08. The number of nitrogens with one attached hydrogen (secondary N) is 1. The number of nitrogens with zero attached hydrogens (tertiary/aromatic N) is 1. The number of ketones is 1. The van der Waals surface area contributed by atoms with E-state index in [1.807, 2.05) is 0 Å². The molecule has 2 heterocycles. The smallest absolute Gasteiger partial charge is 0.266 e. The molecule has 0 aliphatic heterocycles. The number of benzene rings is 1. The van der Waals surface area contributed by atoms with Crippen molar-refractivity contribution < 1.29 is 14.6 Å². The number of phenolic OH excluding ortho intramolecular Hbond substituents is 1. The van der Waals surface area contributed by atoms with Crippen LogP contribution in [-0.4, -0.2) is 28.0 Å². The van der Waals surface area contributed by atoms with E-state index in [9.17, 15) is 14.7 Å². The van der Waals surface area contributed by atoms with Crippen LogP contribution in [0.25, 0.3) is 12.2 Å². The number of aromatic amines is 1. The summed E-state index contributed by atoms with van der Waals surface area (Å²) in [5, 5.41) is 9.81. The maximum Gasteiger partial charge on any atom is 0.266 e. The van der Waals surface area contributed by atoms with E-state index in [1.54, 1.807) is 30.3 Å². The molecule has 3 aromatic rings. The Morgan fingerprint density at radius 1 is 1.28 bits per heavy atom. The Hall–Kier alpha value is -3.19. The van der Waals surface area contributed by atoms with Crippen LogP contribution < -0.4 is 19.5 Å². The van der Waals surface area contributed by atoms with Gasteiger partial charge in [0, 0.05) is 24.0 Å². The molecule has 0 bridgehead atoms. The Balaban J connectivity index is 1.98. The van der Waals surface area contributed by atoms with Crippen molar-refractivity contribution in [2.75, 3.05) is 7.11 Å². The summed E-state index contributed by atoms with van der Waals surface area (Å²) in [5.41, 5.74) is 0.849. The third-order valence-corrected chi connectivity index (χ3v) is 4.37. The summed E-state index contributed by atoms with van der Waals surface area (Å²) in [6, 6.07) is 8.06. The predicted octanol–water partition coefficient (Wildman–Crippen LogP) is 1.04. The Bertz CT molecular complexity index is 1080. The number of aromatic nitrogens is 2. The molecule has 0 unspecified atom stereocenters. The van der Waals surface area contributed by atoms with Crippen LogP contribution >= 0.6 is 11.3 Å². The van der Waals surface area contributed by atoms with E-state index < -0.39 is 0 Å². The minimum atomic E-state index is -0.297. The number of pyridine rings is 1. The summed E-state index contributed by atoms with van der Waals surface area (Å²) in [6.45, 7) is 0. The number of hydrogen-bond donors (Lipinski definition) is 2. The molecule has 0 fully saturated rings. The number of carbonyl (C=O) groups is 1. The zero-order chi connectivity index (χ0) is 17.8. The maximum atomic E-state index is 12.2. The predicted molar refractivity (Wildman–Crippen MR) is 95.4 cm³/mol. The van der Waals surface area contributed by atoms with E-state index in [1.165, 1.54) is 31.6 Å². The van der Waals surface area contributed by atoms with E-state index in [0.717, 1.165) is 11.3 Å². The summed E-state index contributed by atoms with van der Waals surface area (Å²) in [4.78, 5) is 30.7. The van der Waals surface area contributed by atoms with E-state index in [2.05, 4.69) is 9.97 Å². The molecule has 2 N–H and O–H groups in total. The number of Topliss-reactive ketones (excluding diaryl/α,β-unsaturated/α-hetero) is 1. The number of ether oxygens (including phenoxy) is 1.